The Morgan fingerprint density at radius 1 is 1.09 bits per heavy atom. The quantitative estimate of drug-likeness (QED) is 0.477. The van der Waals surface area contributed by atoms with Crippen LogP contribution in [0.3, 0.4) is 0 Å². The molecule has 0 fully saturated rings. The molecule has 9 heteroatoms. The van der Waals surface area contributed by atoms with E-state index in [4.69, 9.17) is 14.4 Å². The van der Waals surface area contributed by atoms with E-state index in [9.17, 15) is 14.4 Å². The van der Waals surface area contributed by atoms with Gasteiger partial charge in [-0.3, -0.25) is 9.59 Å². The molecular weight excluding hydrogens is 450 g/mol. The van der Waals surface area contributed by atoms with Gasteiger partial charge in [0.25, 0.3) is 5.91 Å². The molecule has 0 spiro atoms. The number of carbonyl (C=O) groups is 3. The third-order valence-electron chi connectivity index (χ3n) is 5.98. The molecule has 0 atom stereocenters. The summed E-state index contributed by atoms with van der Waals surface area (Å²) in [5.74, 6) is -1.19. The molecule has 1 aromatic heterocycles. The van der Waals surface area contributed by atoms with E-state index in [1.807, 2.05) is 36.4 Å². The smallest absolute Gasteiger partial charge is 0.407 e. The standard InChI is InChI=1S/C26H27N3O6/c1-16(2)29(12-11-24(30)31)25(32)23-13-17(35-28-23)14-27-26(33)34-15-22-20-9-5-3-7-18(20)19-8-4-6-10-21(19)22/h3-10,13,16,22H,11-12,14-15H2,1-2H3,(H,27,33)(H,30,31). The summed E-state index contributed by atoms with van der Waals surface area (Å²) >= 11 is 0. The Hall–Kier alpha value is -4.14. The first-order chi connectivity index (χ1) is 16.8. The molecular formula is C26H27N3O6. The van der Waals surface area contributed by atoms with Crippen molar-refractivity contribution in [2.24, 2.45) is 0 Å². The summed E-state index contributed by atoms with van der Waals surface area (Å²) in [6.45, 7) is 3.83. The lowest BCUT2D eigenvalue weighted by Crippen LogP contribution is -2.38. The van der Waals surface area contributed by atoms with E-state index in [0.29, 0.717) is 0 Å². The molecule has 0 radical (unpaired) electrons. The van der Waals surface area contributed by atoms with Gasteiger partial charge in [0.2, 0.25) is 0 Å². The van der Waals surface area contributed by atoms with Gasteiger partial charge in [0, 0.05) is 24.6 Å². The van der Waals surface area contributed by atoms with Crippen LogP contribution in [0.5, 0.6) is 0 Å². The van der Waals surface area contributed by atoms with E-state index in [-0.39, 0.29) is 49.5 Å². The summed E-state index contributed by atoms with van der Waals surface area (Å²) in [6.07, 6.45) is -0.778. The number of ether oxygens (including phenoxy) is 1. The van der Waals surface area contributed by atoms with Crippen molar-refractivity contribution in [2.75, 3.05) is 13.2 Å². The zero-order valence-corrected chi connectivity index (χ0v) is 19.6. The van der Waals surface area contributed by atoms with Crippen molar-refractivity contribution in [3.8, 4) is 11.1 Å². The number of benzene rings is 2. The summed E-state index contributed by atoms with van der Waals surface area (Å²) < 4.78 is 10.7. The zero-order valence-electron chi connectivity index (χ0n) is 19.6. The van der Waals surface area contributed by atoms with Gasteiger partial charge in [-0.2, -0.15) is 0 Å². The minimum absolute atomic E-state index is 0.00619. The average molecular weight is 478 g/mol. The average Bonchev–Trinajstić information content (AvgIpc) is 3.44. The Bertz CT molecular complexity index is 1190. The minimum Gasteiger partial charge on any atom is -0.481 e. The second-order valence-corrected chi connectivity index (χ2v) is 8.59. The first kappa shape index (κ1) is 24.0. The number of nitrogens with one attached hydrogen (secondary N) is 1. The number of carboxylic acids is 1. The third kappa shape index (κ3) is 5.34. The van der Waals surface area contributed by atoms with Crippen molar-refractivity contribution < 1.29 is 28.8 Å². The number of rotatable bonds is 9. The summed E-state index contributed by atoms with van der Waals surface area (Å²) in [6, 6.07) is 17.4. The van der Waals surface area contributed by atoms with Crippen molar-refractivity contribution in [1.82, 2.24) is 15.4 Å². The molecule has 4 rings (SSSR count). The molecule has 0 unspecified atom stereocenters. The van der Waals surface area contributed by atoms with E-state index >= 15 is 0 Å². The molecule has 35 heavy (non-hydrogen) atoms. The number of aromatic nitrogens is 1. The summed E-state index contributed by atoms with van der Waals surface area (Å²) in [5, 5.41) is 15.3. The van der Waals surface area contributed by atoms with Gasteiger partial charge in [0.05, 0.1) is 13.0 Å². The van der Waals surface area contributed by atoms with Gasteiger partial charge in [-0.1, -0.05) is 53.7 Å². The van der Waals surface area contributed by atoms with Crippen LogP contribution in [0.25, 0.3) is 11.1 Å². The van der Waals surface area contributed by atoms with Gasteiger partial charge in [0.1, 0.15) is 6.61 Å². The van der Waals surface area contributed by atoms with E-state index in [1.54, 1.807) is 13.8 Å². The maximum atomic E-state index is 12.7. The second-order valence-electron chi connectivity index (χ2n) is 8.59. The molecule has 1 aliphatic rings. The highest BCUT2D eigenvalue weighted by molar-refractivity contribution is 5.92. The fourth-order valence-electron chi connectivity index (χ4n) is 4.26. The van der Waals surface area contributed by atoms with Crippen LogP contribution in [0.4, 0.5) is 4.79 Å². The van der Waals surface area contributed by atoms with E-state index < -0.39 is 18.0 Å². The number of hydrogen-bond donors (Lipinski definition) is 2. The molecule has 0 aliphatic heterocycles. The topological polar surface area (TPSA) is 122 Å². The molecule has 1 aliphatic carbocycles. The number of alkyl carbamates (subject to hydrolysis) is 1. The second kappa shape index (κ2) is 10.4. The molecule has 2 N–H and O–H groups in total. The lowest BCUT2D eigenvalue weighted by molar-refractivity contribution is -0.137. The van der Waals surface area contributed by atoms with Crippen LogP contribution < -0.4 is 5.32 Å². The van der Waals surface area contributed by atoms with Crippen molar-refractivity contribution in [3.63, 3.8) is 0 Å². The lowest BCUT2D eigenvalue weighted by atomic mass is 9.98. The Morgan fingerprint density at radius 2 is 1.71 bits per heavy atom. The minimum atomic E-state index is -0.989. The number of fused-ring (bicyclic) bond motifs is 3. The highest BCUT2D eigenvalue weighted by Crippen LogP contribution is 2.44. The van der Waals surface area contributed by atoms with Crippen molar-refractivity contribution in [3.05, 3.63) is 77.2 Å². The maximum absolute atomic E-state index is 12.7. The van der Waals surface area contributed by atoms with Gasteiger partial charge in [-0.25, -0.2) is 4.79 Å². The van der Waals surface area contributed by atoms with Crippen LogP contribution in [0.2, 0.25) is 0 Å². The van der Waals surface area contributed by atoms with Crippen LogP contribution in [0.1, 0.15) is 53.6 Å². The van der Waals surface area contributed by atoms with Crippen LogP contribution in [-0.4, -0.2) is 52.3 Å². The lowest BCUT2D eigenvalue weighted by Gasteiger charge is -2.24. The first-order valence-corrected chi connectivity index (χ1v) is 11.4. The molecule has 9 nitrogen and oxygen atoms in total. The Labute approximate surface area is 202 Å². The van der Waals surface area contributed by atoms with Crippen LogP contribution in [0.15, 0.2) is 59.1 Å². The molecule has 2 aromatic carbocycles. The van der Waals surface area contributed by atoms with Crippen molar-refractivity contribution in [2.45, 2.75) is 38.8 Å². The van der Waals surface area contributed by atoms with E-state index in [2.05, 4.69) is 22.6 Å². The first-order valence-electron chi connectivity index (χ1n) is 11.4. The number of aliphatic carboxylic acids is 1. The summed E-state index contributed by atoms with van der Waals surface area (Å²) in [7, 11) is 0. The molecule has 3 aromatic rings. The summed E-state index contributed by atoms with van der Waals surface area (Å²) in [4.78, 5) is 37.3. The van der Waals surface area contributed by atoms with E-state index in [0.717, 1.165) is 22.3 Å². The zero-order chi connectivity index (χ0) is 24.9. The maximum Gasteiger partial charge on any atom is 0.407 e. The molecule has 0 saturated heterocycles. The Balaban J connectivity index is 1.32. The fraction of sp³-hybridized carbons (Fsp3) is 0.308. The van der Waals surface area contributed by atoms with Gasteiger partial charge in [-0.05, 0) is 36.1 Å². The third-order valence-corrected chi connectivity index (χ3v) is 5.98. The molecule has 182 valence electrons. The SMILES string of the molecule is CC(C)N(CCC(=O)O)C(=O)c1cc(CNC(=O)OCC2c3ccccc3-c3ccccc32)on1. The monoisotopic (exact) mass is 477 g/mol. The number of hydrogen-bond acceptors (Lipinski definition) is 6. The Kier molecular flexibility index (Phi) is 7.14. The molecule has 2 amide bonds. The molecule has 1 heterocycles. The van der Waals surface area contributed by atoms with Gasteiger partial charge in [-0.15, -0.1) is 0 Å². The number of carbonyl (C=O) groups excluding carboxylic acids is 2. The van der Waals surface area contributed by atoms with Crippen LogP contribution in [0, 0.1) is 0 Å². The normalized spacial score (nSPS) is 12.2. The summed E-state index contributed by atoms with van der Waals surface area (Å²) in [5.41, 5.74) is 4.59. The highest BCUT2D eigenvalue weighted by Gasteiger charge is 2.29. The predicted molar refractivity (Wildman–Crippen MR) is 127 cm³/mol. The molecule has 0 saturated carbocycles. The van der Waals surface area contributed by atoms with E-state index in [1.165, 1.54) is 11.0 Å². The fourth-order valence-corrected chi connectivity index (χ4v) is 4.26. The van der Waals surface area contributed by atoms with Gasteiger partial charge in [0.15, 0.2) is 11.5 Å². The van der Waals surface area contributed by atoms with Crippen molar-refractivity contribution >= 4 is 18.0 Å². The highest BCUT2D eigenvalue weighted by atomic mass is 16.5. The van der Waals surface area contributed by atoms with Crippen molar-refractivity contribution in [1.29, 1.82) is 0 Å². The number of carboxylic acid groups (broad SMARTS) is 1. The number of nitrogens with zero attached hydrogens (tertiary/aromatic N) is 2. The van der Waals surface area contributed by atoms with Crippen LogP contribution in [-0.2, 0) is 16.1 Å². The molecule has 0 bridgehead atoms. The predicted octanol–water partition coefficient (Wildman–Crippen LogP) is 4.04. The number of amides is 2. The Morgan fingerprint density at radius 3 is 2.31 bits per heavy atom. The van der Waals surface area contributed by atoms with Gasteiger partial charge >= 0.3 is 12.1 Å². The largest absolute Gasteiger partial charge is 0.481 e. The van der Waals surface area contributed by atoms with Gasteiger partial charge < -0.3 is 24.6 Å². The van der Waals surface area contributed by atoms with Crippen LogP contribution >= 0.6 is 0 Å².